The van der Waals surface area contributed by atoms with E-state index in [1.807, 2.05) is 26.0 Å². The molecule has 1 amide bonds. The molecule has 0 aliphatic heterocycles. The first-order valence-electron chi connectivity index (χ1n) is 8.39. The Hall–Kier alpha value is -2.76. The van der Waals surface area contributed by atoms with Crippen molar-refractivity contribution in [3.8, 4) is 0 Å². The van der Waals surface area contributed by atoms with Crippen LogP contribution in [0, 0.1) is 11.6 Å². The molecule has 2 atom stereocenters. The van der Waals surface area contributed by atoms with Gasteiger partial charge in [-0.1, -0.05) is 38.1 Å². The highest BCUT2D eigenvalue weighted by atomic mass is 19.1. The lowest BCUT2D eigenvalue weighted by Gasteiger charge is -2.18. The fraction of sp³-hybridized carbons (Fsp3) is 0.300. The van der Waals surface area contributed by atoms with Crippen LogP contribution >= 0.6 is 0 Å². The minimum absolute atomic E-state index is 0.233. The summed E-state index contributed by atoms with van der Waals surface area (Å²) in [7, 11) is 0. The first kappa shape index (κ1) is 19.6. The van der Waals surface area contributed by atoms with Crippen LogP contribution in [0.3, 0.4) is 0 Å². The Morgan fingerprint density at radius 2 is 1.65 bits per heavy atom. The predicted molar refractivity (Wildman–Crippen MR) is 95.0 cm³/mol. The summed E-state index contributed by atoms with van der Waals surface area (Å²) in [5.74, 6) is -3.64. The summed E-state index contributed by atoms with van der Waals surface area (Å²) in [5, 5.41) is 2.71. The molecule has 2 aromatic carbocycles. The number of hydrogen-bond donors (Lipinski definition) is 1. The van der Waals surface area contributed by atoms with E-state index in [-0.39, 0.29) is 5.92 Å². The normalized spacial score (nSPS) is 13.0. The predicted octanol–water partition coefficient (Wildman–Crippen LogP) is 4.66. The fourth-order valence-electron chi connectivity index (χ4n) is 2.46. The summed E-state index contributed by atoms with van der Waals surface area (Å²) in [6, 6.07) is 10.4. The second-order valence-corrected chi connectivity index (χ2v) is 6.03. The maximum atomic E-state index is 13.6. The summed E-state index contributed by atoms with van der Waals surface area (Å²) in [4.78, 5) is 24.3. The van der Waals surface area contributed by atoms with Gasteiger partial charge in [-0.25, -0.2) is 13.6 Å². The molecule has 0 spiro atoms. The van der Waals surface area contributed by atoms with Gasteiger partial charge in [-0.05, 0) is 43.0 Å². The maximum absolute atomic E-state index is 13.6. The zero-order valence-corrected chi connectivity index (χ0v) is 14.9. The number of nitrogens with one attached hydrogen (secondary N) is 1. The van der Waals surface area contributed by atoms with Gasteiger partial charge in [0, 0.05) is 5.69 Å². The molecule has 0 aliphatic rings. The zero-order chi connectivity index (χ0) is 19.3. The van der Waals surface area contributed by atoms with Gasteiger partial charge in [0.2, 0.25) is 0 Å². The largest absolute Gasteiger partial charge is 0.449 e. The quantitative estimate of drug-likeness (QED) is 0.761. The number of anilines is 1. The number of carbonyl (C=O) groups is 2. The smallest absolute Gasteiger partial charge is 0.344 e. The van der Waals surface area contributed by atoms with E-state index in [1.165, 1.54) is 6.92 Å². The molecular formula is C20H21F2NO3. The van der Waals surface area contributed by atoms with E-state index < -0.39 is 35.2 Å². The third-order valence-electron chi connectivity index (χ3n) is 4.18. The third kappa shape index (κ3) is 4.45. The third-order valence-corrected chi connectivity index (χ3v) is 4.18. The average Bonchev–Trinajstić information content (AvgIpc) is 2.61. The number of halogens is 2. The number of benzene rings is 2. The first-order chi connectivity index (χ1) is 12.3. The molecule has 26 heavy (non-hydrogen) atoms. The van der Waals surface area contributed by atoms with Crippen molar-refractivity contribution < 1.29 is 23.1 Å². The Bertz CT molecular complexity index is 787. The molecule has 2 rings (SSSR count). The number of para-hydroxylation sites is 1. The molecule has 0 bridgehead atoms. The Labute approximate surface area is 151 Å². The lowest BCUT2D eigenvalue weighted by atomic mass is 9.97. The molecule has 6 heteroatoms. The van der Waals surface area contributed by atoms with Crippen molar-refractivity contribution in [3.63, 3.8) is 0 Å². The van der Waals surface area contributed by atoms with Crippen LogP contribution in [0.25, 0.3) is 0 Å². The molecule has 0 fully saturated rings. The number of rotatable bonds is 6. The summed E-state index contributed by atoms with van der Waals surface area (Å²) in [6.07, 6.45) is -0.323. The van der Waals surface area contributed by atoms with E-state index >= 15 is 0 Å². The van der Waals surface area contributed by atoms with Crippen LogP contribution in [-0.4, -0.2) is 18.0 Å². The highest BCUT2D eigenvalue weighted by Crippen LogP contribution is 2.26. The minimum Gasteiger partial charge on any atom is -0.449 e. The minimum atomic E-state index is -1.22. The number of amides is 1. The molecule has 4 nitrogen and oxygen atoms in total. The summed E-state index contributed by atoms with van der Waals surface area (Å²) < 4.78 is 32.2. The van der Waals surface area contributed by atoms with Crippen molar-refractivity contribution in [2.75, 3.05) is 5.32 Å². The van der Waals surface area contributed by atoms with E-state index in [2.05, 4.69) is 5.32 Å². The monoisotopic (exact) mass is 361 g/mol. The SMILES string of the molecule is CCC(C)c1ccccc1NC(=O)C(C)OC(=O)c1c(F)cccc1F. The highest BCUT2D eigenvalue weighted by molar-refractivity contribution is 5.98. The zero-order valence-electron chi connectivity index (χ0n) is 14.9. The van der Waals surface area contributed by atoms with E-state index in [0.717, 1.165) is 30.2 Å². The van der Waals surface area contributed by atoms with Crippen molar-refractivity contribution in [2.24, 2.45) is 0 Å². The number of carbonyl (C=O) groups excluding carboxylic acids is 2. The van der Waals surface area contributed by atoms with Crippen LogP contribution in [0.1, 0.15) is 49.0 Å². The van der Waals surface area contributed by atoms with Gasteiger partial charge in [0.25, 0.3) is 5.91 Å². The molecule has 138 valence electrons. The highest BCUT2D eigenvalue weighted by Gasteiger charge is 2.24. The first-order valence-corrected chi connectivity index (χ1v) is 8.39. The molecule has 2 unspecified atom stereocenters. The number of hydrogen-bond acceptors (Lipinski definition) is 3. The van der Waals surface area contributed by atoms with Gasteiger partial charge in [0.1, 0.15) is 17.2 Å². The van der Waals surface area contributed by atoms with Crippen molar-refractivity contribution in [3.05, 3.63) is 65.2 Å². The van der Waals surface area contributed by atoms with Crippen LogP contribution in [-0.2, 0) is 9.53 Å². The van der Waals surface area contributed by atoms with E-state index in [1.54, 1.807) is 12.1 Å². The topological polar surface area (TPSA) is 55.4 Å². The molecule has 0 radical (unpaired) electrons. The molecule has 0 saturated heterocycles. The average molecular weight is 361 g/mol. The standard InChI is InChI=1S/C20H21F2NO3/c1-4-12(2)14-8-5-6-11-17(14)23-19(24)13(3)26-20(25)18-15(21)9-7-10-16(18)22/h5-13H,4H2,1-3H3,(H,23,24). The number of ether oxygens (including phenoxy) is 1. The Morgan fingerprint density at radius 3 is 2.27 bits per heavy atom. The van der Waals surface area contributed by atoms with Gasteiger partial charge in [-0.2, -0.15) is 0 Å². The van der Waals surface area contributed by atoms with Crippen LogP contribution in [0.4, 0.5) is 14.5 Å². The van der Waals surface area contributed by atoms with Gasteiger partial charge in [0.05, 0.1) is 0 Å². The van der Waals surface area contributed by atoms with Gasteiger partial charge in [0.15, 0.2) is 6.10 Å². The van der Waals surface area contributed by atoms with E-state index in [4.69, 9.17) is 4.74 Å². The van der Waals surface area contributed by atoms with Crippen molar-refractivity contribution in [1.82, 2.24) is 0 Å². The summed E-state index contributed by atoms with van der Waals surface area (Å²) >= 11 is 0. The molecule has 0 heterocycles. The molecule has 1 N–H and O–H groups in total. The fourth-order valence-corrected chi connectivity index (χ4v) is 2.46. The van der Waals surface area contributed by atoms with Crippen LogP contribution in [0.2, 0.25) is 0 Å². The second kappa shape index (κ2) is 8.56. The van der Waals surface area contributed by atoms with Gasteiger partial charge in [-0.3, -0.25) is 4.79 Å². The summed E-state index contributed by atoms with van der Waals surface area (Å²) in [6.45, 7) is 5.42. The van der Waals surface area contributed by atoms with Gasteiger partial charge in [-0.15, -0.1) is 0 Å². The van der Waals surface area contributed by atoms with Crippen molar-refractivity contribution in [1.29, 1.82) is 0 Å². The van der Waals surface area contributed by atoms with Crippen LogP contribution in [0.5, 0.6) is 0 Å². The molecule has 0 aliphatic carbocycles. The molecule has 0 saturated carbocycles. The molecular weight excluding hydrogens is 340 g/mol. The number of esters is 1. The van der Waals surface area contributed by atoms with Crippen molar-refractivity contribution >= 4 is 17.6 Å². The molecule has 0 aromatic heterocycles. The Balaban J connectivity index is 2.10. The lowest BCUT2D eigenvalue weighted by Crippen LogP contribution is -2.31. The van der Waals surface area contributed by atoms with Crippen molar-refractivity contribution in [2.45, 2.75) is 39.2 Å². The molecule has 2 aromatic rings. The van der Waals surface area contributed by atoms with Gasteiger partial charge >= 0.3 is 5.97 Å². The Kier molecular flexibility index (Phi) is 6.44. The van der Waals surface area contributed by atoms with E-state index in [9.17, 15) is 18.4 Å². The van der Waals surface area contributed by atoms with Gasteiger partial charge < -0.3 is 10.1 Å². The second-order valence-electron chi connectivity index (χ2n) is 6.03. The lowest BCUT2D eigenvalue weighted by molar-refractivity contribution is -0.123. The maximum Gasteiger partial charge on any atom is 0.344 e. The van der Waals surface area contributed by atoms with Crippen LogP contribution in [0.15, 0.2) is 42.5 Å². The summed E-state index contributed by atoms with van der Waals surface area (Å²) in [5.41, 5.74) is 0.765. The van der Waals surface area contributed by atoms with E-state index in [0.29, 0.717) is 5.69 Å². The Morgan fingerprint density at radius 1 is 1.04 bits per heavy atom. The van der Waals surface area contributed by atoms with Crippen LogP contribution < -0.4 is 5.32 Å².